The fraction of sp³-hybridized carbons (Fsp3) is 0.0769. The lowest BCUT2D eigenvalue weighted by molar-refractivity contribution is -0.385. The van der Waals surface area contributed by atoms with Crippen molar-refractivity contribution in [2.45, 2.75) is 6.54 Å². The number of halogens is 3. The summed E-state index contributed by atoms with van der Waals surface area (Å²) >= 11 is 11.5. The summed E-state index contributed by atoms with van der Waals surface area (Å²) in [4.78, 5) is 10.4. The van der Waals surface area contributed by atoms with Crippen molar-refractivity contribution in [3.05, 3.63) is 67.9 Å². The number of nitrogens with one attached hydrogen (secondary N) is 1. The molecule has 0 radical (unpaired) electrons. The van der Waals surface area contributed by atoms with Gasteiger partial charge >= 0.3 is 0 Å². The third-order valence-corrected chi connectivity index (χ3v) is 3.11. The van der Waals surface area contributed by atoms with Crippen LogP contribution in [0.4, 0.5) is 15.8 Å². The molecule has 4 nitrogen and oxygen atoms in total. The topological polar surface area (TPSA) is 55.2 Å². The molecule has 0 aromatic heterocycles. The third kappa shape index (κ3) is 3.37. The smallest absolute Gasteiger partial charge is 0.275 e. The highest BCUT2D eigenvalue weighted by Crippen LogP contribution is 2.25. The minimum absolute atomic E-state index is 0.0880. The molecular formula is C13H9Cl2FN2O2. The number of hydrogen-bond donors (Lipinski definition) is 1. The molecule has 0 saturated heterocycles. The summed E-state index contributed by atoms with van der Waals surface area (Å²) in [7, 11) is 0. The largest absolute Gasteiger partial charge is 0.378 e. The van der Waals surface area contributed by atoms with Crippen molar-refractivity contribution in [2.75, 3.05) is 5.32 Å². The molecule has 104 valence electrons. The highest BCUT2D eigenvalue weighted by atomic mass is 35.5. The highest BCUT2D eigenvalue weighted by molar-refractivity contribution is 6.31. The Bertz CT molecular complexity index is 665. The predicted octanol–water partition coefficient (Wildman–Crippen LogP) is 4.65. The first-order chi connectivity index (χ1) is 9.47. The Morgan fingerprint density at radius 1 is 1.15 bits per heavy atom. The Hall–Kier alpha value is -1.85. The fourth-order valence-electron chi connectivity index (χ4n) is 1.68. The number of hydrogen-bond acceptors (Lipinski definition) is 3. The molecule has 2 aromatic rings. The van der Waals surface area contributed by atoms with Crippen molar-refractivity contribution >= 4 is 34.6 Å². The van der Waals surface area contributed by atoms with E-state index in [9.17, 15) is 14.5 Å². The first-order valence-electron chi connectivity index (χ1n) is 5.59. The van der Waals surface area contributed by atoms with Crippen LogP contribution in [0.25, 0.3) is 0 Å². The van der Waals surface area contributed by atoms with E-state index in [1.54, 1.807) is 6.07 Å². The average Bonchev–Trinajstić information content (AvgIpc) is 2.40. The molecule has 0 aliphatic heterocycles. The van der Waals surface area contributed by atoms with E-state index in [1.165, 1.54) is 30.3 Å². The van der Waals surface area contributed by atoms with E-state index in [2.05, 4.69) is 5.32 Å². The molecule has 0 unspecified atom stereocenters. The number of benzene rings is 2. The minimum atomic E-state index is -0.531. The van der Waals surface area contributed by atoms with Gasteiger partial charge in [0.25, 0.3) is 5.69 Å². The van der Waals surface area contributed by atoms with Gasteiger partial charge in [-0.25, -0.2) is 4.39 Å². The molecule has 7 heteroatoms. The van der Waals surface area contributed by atoms with Crippen LogP contribution in [0.3, 0.4) is 0 Å². The van der Waals surface area contributed by atoms with E-state index in [0.29, 0.717) is 10.6 Å². The molecular weight excluding hydrogens is 306 g/mol. The molecule has 0 amide bonds. The van der Waals surface area contributed by atoms with Gasteiger partial charge in [0.05, 0.1) is 10.6 Å². The Morgan fingerprint density at radius 3 is 2.50 bits per heavy atom. The van der Waals surface area contributed by atoms with E-state index in [1.807, 2.05) is 0 Å². The van der Waals surface area contributed by atoms with E-state index in [0.717, 1.165) is 0 Å². The Balaban J connectivity index is 2.23. The maximum absolute atomic E-state index is 13.5. The molecule has 0 saturated carbocycles. The molecule has 2 aromatic carbocycles. The second-order valence-corrected chi connectivity index (χ2v) is 4.88. The first-order valence-corrected chi connectivity index (χ1v) is 6.34. The molecule has 0 bridgehead atoms. The maximum atomic E-state index is 13.5. The van der Waals surface area contributed by atoms with Crippen molar-refractivity contribution < 1.29 is 9.31 Å². The number of nitro groups is 1. The van der Waals surface area contributed by atoms with Crippen LogP contribution in [0, 0.1) is 15.9 Å². The van der Waals surface area contributed by atoms with Crippen LogP contribution in [0.1, 0.15) is 5.56 Å². The van der Waals surface area contributed by atoms with E-state index in [-0.39, 0.29) is 22.9 Å². The van der Waals surface area contributed by atoms with E-state index >= 15 is 0 Å². The second-order valence-electron chi connectivity index (χ2n) is 4.01. The van der Waals surface area contributed by atoms with Crippen LogP contribution < -0.4 is 5.32 Å². The lowest BCUT2D eigenvalue weighted by Gasteiger charge is -2.08. The Morgan fingerprint density at radius 2 is 1.80 bits per heavy atom. The summed E-state index contributed by atoms with van der Waals surface area (Å²) in [5.41, 5.74) is 0.466. The molecule has 0 aliphatic rings. The van der Waals surface area contributed by atoms with Gasteiger partial charge < -0.3 is 5.32 Å². The molecule has 0 fully saturated rings. The van der Waals surface area contributed by atoms with E-state index < -0.39 is 10.7 Å². The summed E-state index contributed by atoms with van der Waals surface area (Å²) < 4.78 is 13.5. The molecule has 1 N–H and O–H groups in total. The normalized spacial score (nSPS) is 10.3. The van der Waals surface area contributed by atoms with Crippen LogP contribution in [0.15, 0.2) is 36.4 Å². The van der Waals surface area contributed by atoms with Crippen LogP contribution in [0.2, 0.25) is 10.0 Å². The summed E-state index contributed by atoms with van der Waals surface area (Å²) in [5, 5.41) is 14.4. The van der Waals surface area contributed by atoms with E-state index in [4.69, 9.17) is 23.2 Å². The van der Waals surface area contributed by atoms with Crippen LogP contribution in [-0.4, -0.2) is 4.92 Å². The van der Waals surface area contributed by atoms with Gasteiger partial charge in [-0.3, -0.25) is 10.1 Å². The zero-order chi connectivity index (χ0) is 14.7. The molecule has 0 spiro atoms. The molecule has 0 aliphatic carbocycles. The second kappa shape index (κ2) is 6.07. The lowest BCUT2D eigenvalue weighted by Crippen LogP contribution is -2.04. The Labute approximate surface area is 124 Å². The fourth-order valence-corrected chi connectivity index (χ4v) is 2.02. The van der Waals surface area contributed by atoms with Gasteiger partial charge in [0, 0.05) is 28.2 Å². The van der Waals surface area contributed by atoms with Gasteiger partial charge in [0.1, 0.15) is 5.82 Å². The van der Waals surface area contributed by atoms with Crippen LogP contribution in [-0.2, 0) is 6.54 Å². The summed E-state index contributed by atoms with van der Waals surface area (Å²) in [5.74, 6) is -0.481. The van der Waals surface area contributed by atoms with Gasteiger partial charge in [-0.2, -0.15) is 0 Å². The summed E-state index contributed by atoms with van der Waals surface area (Å²) in [6.45, 7) is 0.0880. The van der Waals surface area contributed by atoms with Gasteiger partial charge in [0.15, 0.2) is 0 Å². The van der Waals surface area contributed by atoms with Gasteiger partial charge in [0.2, 0.25) is 0 Å². The van der Waals surface area contributed by atoms with Crippen molar-refractivity contribution in [1.29, 1.82) is 0 Å². The molecule has 20 heavy (non-hydrogen) atoms. The SMILES string of the molecule is O=[N+]([O-])c1cc(Cl)ccc1CNc1cc(Cl)ccc1F. The standard InChI is InChI=1S/C13H9Cl2FN2O2/c14-9-3-4-11(16)12(5-9)17-7-8-1-2-10(15)6-13(8)18(19)20/h1-6,17H,7H2. The highest BCUT2D eigenvalue weighted by Gasteiger charge is 2.14. The zero-order valence-electron chi connectivity index (χ0n) is 10.1. The van der Waals surface area contributed by atoms with Crippen molar-refractivity contribution in [1.82, 2.24) is 0 Å². The monoisotopic (exact) mass is 314 g/mol. The van der Waals surface area contributed by atoms with Crippen LogP contribution in [0.5, 0.6) is 0 Å². The van der Waals surface area contributed by atoms with Crippen molar-refractivity contribution in [2.24, 2.45) is 0 Å². The van der Waals surface area contributed by atoms with Gasteiger partial charge in [-0.05, 0) is 30.3 Å². The van der Waals surface area contributed by atoms with Gasteiger partial charge in [-0.15, -0.1) is 0 Å². The average molecular weight is 315 g/mol. The number of anilines is 1. The number of nitro benzene ring substituents is 1. The minimum Gasteiger partial charge on any atom is -0.378 e. The lowest BCUT2D eigenvalue weighted by atomic mass is 10.1. The first kappa shape index (κ1) is 14.6. The predicted molar refractivity (Wildman–Crippen MR) is 76.8 cm³/mol. The van der Waals surface area contributed by atoms with Crippen LogP contribution >= 0.6 is 23.2 Å². The zero-order valence-corrected chi connectivity index (χ0v) is 11.6. The molecule has 2 rings (SSSR count). The van der Waals surface area contributed by atoms with Crippen molar-refractivity contribution in [3.63, 3.8) is 0 Å². The van der Waals surface area contributed by atoms with Gasteiger partial charge in [-0.1, -0.05) is 23.2 Å². The summed E-state index contributed by atoms with van der Waals surface area (Å²) in [6.07, 6.45) is 0. The molecule has 0 heterocycles. The number of rotatable bonds is 4. The van der Waals surface area contributed by atoms with Crippen molar-refractivity contribution in [3.8, 4) is 0 Å². The summed E-state index contributed by atoms with van der Waals surface area (Å²) in [6, 6.07) is 8.38. The quantitative estimate of drug-likeness (QED) is 0.660. The maximum Gasteiger partial charge on any atom is 0.275 e. The Kier molecular flexibility index (Phi) is 4.42. The molecule has 0 atom stereocenters. The number of nitrogens with zero attached hydrogens (tertiary/aromatic N) is 1. The third-order valence-electron chi connectivity index (χ3n) is 2.64.